The number of alkyl halides is 3. The number of nitrogens with one attached hydrogen (secondary N) is 2. The molecule has 2 atom stereocenters. The molecule has 1 aromatic heterocycles. The van der Waals surface area contributed by atoms with Crippen molar-refractivity contribution in [3.63, 3.8) is 0 Å². The lowest BCUT2D eigenvalue weighted by Gasteiger charge is -2.33. The highest BCUT2D eigenvalue weighted by Gasteiger charge is 2.44. The summed E-state index contributed by atoms with van der Waals surface area (Å²) in [6.45, 7) is 5.74. The molecule has 0 saturated carbocycles. The van der Waals surface area contributed by atoms with E-state index in [0.29, 0.717) is 11.3 Å². The lowest BCUT2D eigenvalue weighted by molar-refractivity contribution is -0.145. The van der Waals surface area contributed by atoms with E-state index in [-0.39, 0.29) is 11.6 Å². The van der Waals surface area contributed by atoms with Gasteiger partial charge in [-0.1, -0.05) is 55.1 Å². The second kappa shape index (κ2) is 7.33. The van der Waals surface area contributed by atoms with Crippen molar-refractivity contribution in [1.29, 1.82) is 0 Å². The highest BCUT2D eigenvalue weighted by Crippen LogP contribution is 2.40. The van der Waals surface area contributed by atoms with Crippen LogP contribution in [-0.2, 0) is 11.0 Å². The van der Waals surface area contributed by atoms with Crippen LogP contribution in [0.3, 0.4) is 0 Å². The SMILES string of the molecule is C=C1Nc2nc(C(F)(F)F)nn2[C@H](c2ccccc2)[C@@H]1C(=O)Nc1ccccc1C. The zero-order valence-corrected chi connectivity index (χ0v) is 15.9. The van der Waals surface area contributed by atoms with Crippen molar-refractivity contribution in [3.8, 4) is 0 Å². The second-order valence-electron chi connectivity index (χ2n) is 6.99. The number of amides is 1. The number of aromatic nitrogens is 3. The molecule has 4 rings (SSSR count). The smallest absolute Gasteiger partial charge is 0.328 e. The van der Waals surface area contributed by atoms with Crippen molar-refractivity contribution < 1.29 is 18.0 Å². The van der Waals surface area contributed by atoms with Crippen LogP contribution in [-0.4, -0.2) is 20.7 Å². The molecule has 0 unspecified atom stereocenters. The molecule has 2 N–H and O–H groups in total. The Bertz CT molecular complexity index is 1110. The molecule has 30 heavy (non-hydrogen) atoms. The van der Waals surface area contributed by atoms with Crippen LogP contribution >= 0.6 is 0 Å². The topological polar surface area (TPSA) is 71.8 Å². The largest absolute Gasteiger partial charge is 0.453 e. The Balaban J connectivity index is 1.79. The van der Waals surface area contributed by atoms with Crippen molar-refractivity contribution in [1.82, 2.24) is 14.8 Å². The molecule has 6 nitrogen and oxygen atoms in total. The molecule has 0 fully saturated rings. The standard InChI is InChI=1S/C21H18F3N5O/c1-12-8-6-7-11-15(12)26-18(30)16-13(2)25-20-27-19(21(22,23)24)28-29(20)17(16)14-9-4-3-5-10-14/h3-11,16-17H,2H2,1H3,(H,26,30)(H,25,27,28)/t16-,17-/m1/s1. The number of anilines is 2. The van der Waals surface area contributed by atoms with Crippen LogP contribution in [0.15, 0.2) is 66.9 Å². The third-order valence-electron chi connectivity index (χ3n) is 4.94. The van der Waals surface area contributed by atoms with Gasteiger partial charge >= 0.3 is 6.18 Å². The number of carbonyl (C=O) groups excluding carboxylic acids is 1. The van der Waals surface area contributed by atoms with E-state index in [0.717, 1.165) is 10.2 Å². The Hall–Kier alpha value is -3.62. The summed E-state index contributed by atoms with van der Waals surface area (Å²) >= 11 is 0. The average molecular weight is 413 g/mol. The van der Waals surface area contributed by atoms with E-state index >= 15 is 0 Å². The fraction of sp³-hybridized carbons (Fsp3) is 0.190. The van der Waals surface area contributed by atoms with Crippen molar-refractivity contribution in [3.05, 3.63) is 83.8 Å². The number of carbonyl (C=O) groups is 1. The number of hydrogen-bond acceptors (Lipinski definition) is 4. The van der Waals surface area contributed by atoms with E-state index in [4.69, 9.17) is 0 Å². The molecule has 2 heterocycles. The summed E-state index contributed by atoms with van der Waals surface area (Å²) in [6.07, 6.45) is -4.71. The first kappa shape index (κ1) is 19.7. The number of nitrogens with zero attached hydrogens (tertiary/aromatic N) is 3. The van der Waals surface area contributed by atoms with Crippen LogP contribution < -0.4 is 10.6 Å². The quantitative estimate of drug-likeness (QED) is 0.668. The minimum Gasteiger partial charge on any atom is -0.328 e. The van der Waals surface area contributed by atoms with Gasteiger partial charge in [0.2, 0.25) is 11.9 Å². The molecular formula is C21H18F3N5O. The first-order chi connectivity index (χ1) is 14.3. The summed E-state index contributed by atoms with van der Waals surface area (Å²) < 4.78 is 40.8. The van der Waals surface area contributed by atoms with Crippen molar-refractivity contribution in [2.45, 2.75) is 19.1 Å². The van der Waals surface area contributed by atoms with E-state index in [9.17, 15) is 18.0 Å². The number of halogens is 3. The van der Waals surface area contributed by atoms with Gasteiger partial charge in [-0.25, -0.2) is 4.68 Å². The minimum absolute atomic E-state index is 0.110. The maximum absolute atomic E-state index is 13.2. The van der Waals surface area contributed by atoms with Gasteiger partial charge in [0.1, 0.15) is 5.92 Å². The van der Waals surface area contributed by atoms with Gasteiger partial charge < -0.3 is 10.6 Å². The van der Waals surface area contributed by atoms with Gasteiger partial charge in [-0.05, 0) is 24.1 Å². The normalized spacial score (nSPS) is 18.5. The molecular weight excluding hydrogens is 395 g/mol. The van der Waals surface area contributed by atoms with Crippen LogP contribution in [0, 0.1) is 12.8 Å². The fourth-order valence-electron chi connectivity index (χ4n) is 3.48. The van der Waals surface area contributed by atoms with Crippen LogP contribution in [0.5, 0.6) is 0 Å². The molecule has 1 aliphatic heterocycles. The van der Waals surface area contributed by atoms with Crippen molar-refractivity contribution in [2.75, 3.05) is 10.6 Å². The Morgan fingerprint density at radius 2 is 1.80 bits per heavy atom. The van der Waals surface area contributed by atoms with Crippen LogP contribution in [0.1, 0.15) is 23.0 Å². The van der Waals surface area contributed by atoms with E-state index in [1.54, 1.807) is 42.5 Å². The third kappa shape index (κ3) is 3.54. The van der Waals surface area contributed by atoms with Crippen molar-refractivity contribution in [2.24, 2.45) is 5.92 Å². The van der Waals surface area contributed by atoms with Gasteiger partial charge in [-0.3, -0.25) is 4.79 Å². The predicted molar refractivity (Wildman–Crippen MR) is 106 cm³/mol. The Labute approximate surface area is 170 Å². The van der Waals surface area contributed by atoms with Crippen LogP contribution in [0.2, 0.25) is 0 Å². The van der Waals surface area contributed by atoms with Gasteiger partial charge in [0.15, 0.2) is 0 Å². The molecule has 0 spiro atoms. The van der Waals surface area contributed by atoms with Gasteiger partial charge in [0.05, 0.1) is 6.04 Å². The molecule has 3 aromatic rings. The molecule has 0 bridgehead atoms. The Kier molecular flexibility index (Phi) is 4.81. The molecule has 2 aromatic carbocycles. The Morgan fingerprint density at radius 3 is 2.47 bits per heavy atom. The zero-order valence-electron chi connectivity index (χ0n) is 15.9. The molecule has 1 aliphatic rings. The van der Waals surface area contributed by atoms with Gasteiger partial charge in [0.25, 0.3) is 5.82 Å². The number of aryl methyl sites for hydroxylation is 1. The Morgan fingerprint density at radius 1 is 1.13 bits per heavy atom. The summed E-state index contributed by atoms with van der Waals surface area (Å²) in [7, 11) is 0. The fourth-order valence-corrected chi connectivity index (χ4v) is 3.48. The van der Waals surface area contributed by atoms with Gasteiger partial charge in [0, 0.05) is 11.4 Å². The third-order valence-corrected chi connectivity index (χ3v) is 4.94. The molecule has 9 heteroatoms. The lowest BCUT2D eigenvalue weighted by atomic mass is 9.88. The zero-order chi connectivity index (χ0) is 21.5. The number of para-hydroxylation sites is 1. The monoisotopic (exact) mass is 413 g/mol. The van der Waals surface area contributed by atoms with E-state index in [2.05, 4.69) is 27.3 Å². The van der Waals surface area contributed by atoms with E-state index in [1.165, 1.54) is 0 Å². The molecule has 0 radical (unpaired) electrons. The summed E-state index contributed by atoms with van der Waals surface area (Å²) in [6, 6.07) is 15.1. The van der Waals surface area contributed by atoms with Gasteiger partial charge in [-0.2, -0.15) is 18.2 Å². The molecule has 0 saturated heterocycles. The summed E-state index contributed by atoms with van der Waals surface area (Å²) in [5.41, 5.74) is 2.33. The van der Waals surface area contributed by atoms with Gasteiger partial charge in [-0.15, -0.1) is 5.10 Å². The maximum atomic E-state index is 13.2. The summed E-state index contributed by atoms with van der Waals surface area (Å²) in [5.74, 6) is -2.72. The van der Waals surface area contributed by atoms with E-state index < -0.39 is 29.9 Å². The van der Waals surface area contributed by atoms with Crippen LogP contribution in [0.25, 0.3) is 0 Å². The molecule has 1 amide bonds. The summed E-state index contributed by atoms with van der Waals surface area (Å²) in [4.78, 5) is 16.8. The lowest BCUT2D eigenvalue weighted by Crippen LogP contribution is -2.39. The second-order valence-corrected chi connectivity index (χ2v) is 6.99. The number of fused-ring (bicyclic) bond motifs is 1. The first-order valence-corrected chi connectivity index (χ1v) is 9.16. The summed E-state index contributed by atoms with van der Waals surface area (Å²) in [5, 5.41) is 9.24. The first-order valence-electron chi connectivity index (χ1n) is 9.16. The number of hydrogen-bond donors (Lipinski definition) is 2. The molecule has 154 valence electrons. The number of rotatable bonds is 3. The van der Waals surface area contributed by atoms with Crippen LogP contribution in [0.4, 0.5) is 24.8 Å². The molecule has 0 aliphatic carbocycles. The van der Waals surface area contributed by atoms with Crippen molar-refractivity contribution >= 4 is 17.5 Å². The minimum atomic E-state index is -4.71. The maximum Gasteiger partial charge on any atom is 0.453 e. The average Bonchev–Trinajstić information content (AvgIpc) is 3.13. The number of benzene rings is 2. The highest BCUT2D eigenvalue weighted by molar-refractivity contribution is 5.96. The highest BCUT2D eigenvalue weighted by atomic mass is 19.4. The predicted octanol–water partition coefficient (Wildman–Crippen LogP) is 4.39. The van der Waals surface area contributed by atoms with E-state index in [1.807, 2.05) is 19.1 Å².